The molecule has 4 rings (SSSR count). The van der Waals surface area contributed by atoms with Crippen molar-refractivity contribution in [2.45, 2.75) is 6.92 Å². The van der Waals surface area contributed by atoms with E-state index >= 15 is 0 Å². The van der Waals surface area contributed by atoms with Crippen LogP contribution in [0.25, 0.3) is 28.7 Å². The first kappa shape index (κ1) is 16.7. The second-order valence-corrected chi connectivity index (χ2v) is 5.60. The summed E-state index contributed by atoms with van der Waals surface area (Å²) in [5, 5.41) is 11.9. The minimum absolute atomic E-state index is 0.124. The Morgan fingerprint density at radius 2 is 2.00 bits per heavy atom. The fraction of sp³-hybridized carbons (Fsp3) is 0.111. The predicted molar refractivity (Wildman–Crippen MR) is 95.6 cm³/mol. The molecule has 0 saturated carbocycles. The maximum Gasteiger partial charge on any atom is 0.282 e. The van der Waals surface area contributed by atoms with Crippen LogP contribution in [-0.2, 0) is 0 Å². The Balaban J connectivity index is 1.64. The molecule has 0 aliphatic rings. The van der Waals surface area contributed by atoms with E-state index in [4.69, 9.17) is 15.0 Å². The van der Waals surface area contributed by atoms with Gasteiger partial charge in [-0.2, -0.15) is 9.67 Å². The molecule has 2 aromatic heterocycles. The van der Waals surface area contributed by atoms with E-state index in [1.54, 1.807) is 12.1 Å². The van der Waals surface area contributed by atoms with Crippen molar-refractivity contribution in [2.24, 2.45) is 0 Å². The zero-order valence-corrected chi connectivity index (χ0v) is 14.3. The number of nitrogens with zero attached hydrogens (tertiary/aromatic N) is 5. The Bertz CT molecular complexity index is 1070. The summed E-state index contributed by atoms with van der Waals surface area (Å²) in [4.78, 5) is 4.32. The zero-order chi connectivity index (χ0) is 18.8. The lowest BCUT2D eigenvalue weighted by Gasteiger charge is -2.02. The summed E-state index contributed by atoms with van der Waals surface area (Å²) in [6.45, 7) is 2.51. The number of nitrogens with two attached hydrogens (primary N) is 1. The van der Waals surface area contributed by atoms with Crippen LogP contribution in [0.1, 0.15) is 6.92 Å². The molecule has 0 amide bonds. The molecule has 0 aliphatic carbocycles. The van der Waals surface area contributed by atoms with Crippen molar-refractivity contribution in [3.63, 3.8) is 0 Å². The van der Waals surface area contributed by atoms with E-state index in [2.05, 4.69) is 20.5 Å². The number of rotatable bonds is 5. The summed E-state index contributed by atoms with van der Waals surface area (Å²) >= 11 is 0. The fourth-order valence-electron chi connectivity index (χ4n) is 2.54. The Hall–Kier alpha value is -3.75. The van der Waals surface area contributed by atoms with Gasteiger partial charge in [-0.25, -0.2) is 4.39 Å². The topological polar surface area (TPSA) is 105 Å². The standard InChI is InChI=1S/C18H15FN6O2/c1-2-26-14-8-6-11(7-9-14)17-21-18(27-23-17)15-16(20)25(24-22-15)13-5-3-4-12(19)10-13/h3-10H,2,20H2,1H3. The first-order valence-corrected chi connectivity index (χ1v) is 8.20. The molecule has 2 heterocycles. The van der Waals surface area contributed by atoms with Gasteiger partial charge in [-0.15, -0.1) is 5.10 Å². The van der Waals surface area contributed by atoms with Crippen molar-refractivity contribution in [1.82, 2.24) is 25.1 Å². The van der Waals surface area contributed by atoms with Crippen LogP contribution in [-0.4, -0.2) is 31.7 Å². The Labute approximate surface area is 153 Å². The smallest absolute Gasteiger partial charge is 0.282 e. The molecular formula is C18H15FN6O2. The minimum Gasteiger partial charge on any atom is -0.494 e. The van der Waals surface area contributed by atoms with Crippen molar-refractivity contribution in [3.05, 3.63) is 54.3 Å². The number of halogens is 1. The molecule has 0 spiro atoms. The van der Waals surface area contributed by atoms with Gasteiger partial charge in [0.1, 0.15) is 11.6 Å². The molecule has 9 heteroatoms. The van der Waals surface area contributed by atoms with Crippen LogP contribution in [0.2, 0.25) is 0 Å². The summed E-state index contributed by atoms with van der Waals surface area (Å²) in [6.07, 6.45) is 0. The molecule has 0 bridgehead atoms. The first-order chi connectivity index (χ1) is 13.2. The summed E-state index contributed by atoms with van der Waals surface area (Å²) < 4.78 is 25.4. The molecule has 0 saturated heterocycles. The van der Waals surface area contributed by atoms with Crippen molar-refractivity contribution >= 4 is 5.82 Å². The molecule has 8 nitrogen and oxygen atoms in total. The maximum absolute atomic E-state index is 13.4. The van der Waals surface area contributed by atoms with E-state index in [1.807, 2.05) is 31.2 Å². The largest absolute Gasteiger partial charge is 0.494 e. The third kappa shape index (κ3) is 3.22. The average molecular weight is 366 g/mol. The Kier molecular flexibility index (Phi) is 4.25. The molecule has 27 heavy (non-hydrogen) atoms. The lowest BCUT2D eigenvalue weighted by Crippen LogP contribution is -2.02. The Morgan fingerprint density at radius 1 is 1.19 bits per heavy atom. The number of nitrogen functional groups attached to an aromatic ring is 1. The van der Waals surface area contributed by atoms with Gasteiger partial charge in [0, 0.05) is 5.56 Å². The third-order valence-electron chi connectivity index (χ3n) is 3.81. The van der Waals surface area contributed by atoms with Crippen LogP contribution < -0.4 is 10.5 Å². The molecule has 2 N–H and O–H groups in total. The lowest BCUT2D eigenvalue weighted by molar-refractivity contribution is 0.340. The quantitative estimate of drug-likeness (QED) is 0.578. The minimum atomic E-state index is -0.403. The van der Waals surface area contributed by atoms with Crippen LogP contribution in [0.4, 0.5) is 10.2 Å². The van der Waals surface area contributed by atoms with Gasteiger partial charge < -0.3 is 15.0 Å². The van der Waals surface area contributed by atoms with Crippen molar-refractivity contribution in [1.29, 1.82) is 0 Å². The van der Waals surface area contributed by atoms with Gasteiger partial charge in [0.25, 0.3) is 5.89 Å². The van der Waals surface area contributed by atoms with E-state index < -0.39 is 5.82 Å². The molecule has 0 atom stereocenters. The molecule has 0 aliphatic heterocycles. The van der Waals surface area contributed by atoms with Crippen molar-refractivity contribution in [2.75, 3.05) is 12.3 Å². The van der Waals surface area contributed by atoms with Crippen LogP contribution in [0.3, 0.4) is 0 Å². The SMILES string of the molecule is CCOc1ccc(-c2noc(-c3nnn(-c4cccc(F)c4)c3N)n2)cc1. The fourth-order valence-corrected chi connectivity index (χ4v) is 2.54. The summed E-state index contributed by atoms with van der Waals surface area (Å²) in [5.74, 6) is 1.03. The molecule has 2 aromatic carbocycles. The highest BCUT2D eigenvalue weighted by Gasteiger charge is 2.20. The van der Waals surface area contributed by atoms with Crippen molar-refractivity contribution < 1.29 is 13.7 Å². The van der Waals surface area contributed by atoms with Gasteiger partial charge in [0.15, 0.2) is 11.5 Å². The summed E-state index contributed by atoms with van der Waals surface area (Å²) in [5.41, 5.74) is 7.51. The Morgan fingerprint density at radius 3 is 2.74 bits per heavy atom. The maximum atomic E-state index is 13.4. The van der Waals surface area contributed by atoms with Crippen molar-refractivity contribution in [3.8, 4) is 34.4 Å². The molecule has 0 unspecified atom stereocenters. The second-order valence-electron chi connectivity index (χ2n) is 5.60. The normalized spacial score (nSPS) is 10.9. The first-order valence-electron chi connectivity index (χ1n) is 8.20. The van der Waals surface area contributed by atoms with Crippen LogP contribution in [0, 0.1) is 5.82 Å². The van der Waals surface area contributed by atoms with Gasteiger partial charge in [-0.1, -0.05) is 16.4 Å². The van der Waals surface area contributed by atoms with E-state index in [0.29, 0.717) is 18.1 Å². The third-order valence-corrected chi connectivity index (χ3v) is 3.81. The predicted octanol–water partition coefficient (Wildman–Crippen LogP) is 3.10. The number of hydrogen-bond acceptors (Lipinski definition) is 7. The molecule has 0 fully saturated rings. The average Bonchev–Trinajstić information content (AvgIpc) is 3.29. The van der Waals surface area contributed by atoms with Gasteiger partial charge in [0.2, 0.25) is 5.82 Å². The molecule has 0 radical (unpaired) electrons. The summed E-state index contributed by atoms with van der Waals surface area (Å²) in [7, 11) is 0. The monoisotopic (exact) mass is 366 g/mol. The number of benzene rings is 2. The zero-order valence-electron chi connectivity index (χ0n) is 14.3. The molecule has 136 valence electrons. The van der Waals surface area contributed by atoms with Crippen LogP contribution >= 0.6 is 0 Å². The number of ether oxygens (including phenoxy) is 1. The van der Waals surface area contributed by atoms with Crippen LogP contribution in [0.5, 0.6) is 5.75 Å². The van der Waals surface area contributed by atoms with Gasteiger partial charge in [-0.3, -0.25) is 0 Å². The highest BCUT2D eigenvalue weighted by Crippen LogP contribution is 2.27. The highest BCUT2D eigenvalue weighted by atomic mass is 19.1. The number of aromatic nitrogens is 5. The summed E-state index contributed by atoms with van der Waals surface area (Å²) in [6, 6.07) is 13.2. The van der Waals surface area contributed by atoms with Gasteiger partial charge in [-0.05, 0) is 49.4 Å². The number of hydrogen-bond donors (Lipinski definition) is 1. The van der Waals surface area contributed by atoms with Gasteiger partial charge in [0.05, 0.1) is 12.3 Å². The molecular weight excluding hydrogens is 351 g/mol. The molecule has 4 aromatic rings. The second kappa shape index (κ2) is 6.87. The lowest BCUT2D eigenvalue weighted by atomic mass is 10.2. The van der Waals surface area contributed by atoms with Crippen LogP contribution in [0.15, 0.2) is 53.1 Å². The van der Waals surface area contributed by atoms with E-state index in [0.717, 1.165) is 11.3 Å². The number of anilines is 1. The van der Waals surface area contributed by atoms with E-state index in [9.17, 15) is 4.39 Å². The van der Waals surface area contributed by atoms with E-state index in [-0.39, 0.29) is 17.4 Å². The van der Waals surface area contributed by atoms with Gasteiger partial charge >= 0.3 is 0 Å². The van der Waals surface area contributed by atoms with E-state index in [1.165, 1.54) is 16.8 Å². The highest BCUT2D eigenvalue weighted by molar-refractivity contribution is 5.66.